The fourth-order valence-electron chi connectivity index (χ4n) is 5.78. The maximum atomic E-state index is 13.5. The number of likely N-dealkylation sites (tertiary alicyclic amines) is 1. The van der Waals surface area contributed by atoms with Crippen molar-refractivity contribution in [3.05, 3.63) is 0 Å². The third-order valence-corrected chi connectivity index (χ3v) is 8.11. The molecule has 0 aromatic heterocycles. The predicted molar refractivity (Wildman–Crippen MR) is 122 cm³/mol. The molecule has 2 saturated heterocycles. The number of halogens is 6. The van der Waals surface area contributed by atoms with Crippen LogP contribution < -0.4 is 16.0 Å². The van der Waals surface area contributed by atoms with Crippen LogP contribution in [-0.2, 0) is 19.2 Å². The normalized spacial score (nSPS) is 29.5. The molecule has 0 aromatic rings. The van der Waals surface area contributed by atoms with Gasteiger partial charge in [0.15, 0.2) is 0 Å². The summed E-state index contributed by atoms with van der Waals surface area (Å²) in [6.45, 7) is 7.33. The number of amides is 4. The standard InChI is InChI=1S/C24H31F6N5O4/c1-21(2,3)16(34-20(39)24(28,29)30)19(38)35-9-13-14(22(13,4)5)15(35)18(37)33-10(7-31)6-11-12(23(25,26)27)8-32-17(11)36/h10-16H,6,8-9H2,1-5H3,(H,32,36)(H,33,37)(H,34,39)/t10-,11+,12-,13-,14-,15-,16+/m0/s1. The van der Waals surface area contributed by atoms with E-state index in [2.05, 4.69) is 10.6 Å². The molecule has 218 valence electrons. The molecule has 4 amide bonds. The van der Waals surface area contributed by atoms with E-state index in [9.17, 15) is 50.8 Å². The van der Waals surface area contributed by atoms with E-state index in [1.807, 2.05) is 13.8 Å². The number of hydrogen-bond acceptors (Lipinski definition) is 5. The lowest BCUT2D eigenvalue weighted by Crippen LogP contribution is -2.61. The highest BCUT2D eigenvalue weighted by Gasteiger charge is 2.70. The van der Waals surface area contributed by atoms with Gasteiger partial charge in [0, 0.05) is 13.1 Å². The van der Waals surface area contributed by atoms with Gasteiger partial charge in [0.1, 0.15) is 18.1 Å². The fraction of sp³-hybridized carbons (Fsp3) is 0.792. The van der Waals surface area contributed by atoms with Crippen molar-refractivity contribution in [2.24, 2.45) is 34.5 Å². The first kappa shape index (κ1) is 30.5. The molecule has 0 radical (unpaired) electrons. The molecule has 0 aromatic carbocycles. The number of alkyl halides is 6. The molecule has 3 aliphatic rings. The Kier molecular flexibility index (Phi) is 7.70. The van der Waals surface area contributed by atoms with Gasteiger partial charge in [-0.1, -0.05) is 34.6 Å². The summed E-state index contributed by atoms with van der Waals surface area (Å²) in [5.41, 5.74) is -1.61. The molecule has 9 nitrogen and oxygen atoms in total. The van der Waals surface area contributed by atoms with Crippen molar-refractivity contribution in [3.8, 4) is 6.07 Å². The Morgan fingerprint density at radius 1 is 1.13 bits per heavy atom. The van der Waals surface area contributed by atoms with E-state index in [0.29, 0.717) is 0 Å². The SMILES string of the molecule is CC(C)(C)[C@H](NC(=O)C(F)(F)F)C(=O)N1C[C@H]2[C@@H]([C@H]1C(=O)N[C@H](C#N)C[C@H]1C(=O)NC[C@@H]1C(F)(F)F)C2(C)C. The van der Waals surface area contributed by atoms with E-state index in [4.69, 9.17) is 0 Å². The molecule has 2 aliphatic heterocycles. The highest BCUT2D eigenvalue weighted by Crippen LogP contribution is 2.65. The summed E-state index contributed by atoms with van der Waals surface area (Å²) in [4.78, 5) is 51.7. The number of hydrogen-bond donors (Lipinski definition) is 3. The molecule has 0 spiro atoms. The van der Waals surface area contributed by atoms with Gasteiger partial charge in [-0.2, -0.15) is 31.6 Å². The summed E-state index contributed by atoms with van der Waals surface area (Å²) in [7, 11) is 0. The van der Waals surface area contributed by atoms with E-state index in [1.165, 1.54) is 20.8 Å². The van der Waals surface area contributed by atoms with Crippen LogP contribution in [0.3, 0.4) is 0 Å². The number of nitriles is 1. The van der Waals surface area contributed by atoms with Crippen LogP contribution in [-0.4, -0.2) is 72.1 Å². The third-order valence-electron chi connectivity index (χ3n) is 8.11. The minimum Gasteiger partial charge on any atom is -0.355 e. The molecule has 1 aliphatic carbocycles. The molecule has 0 bridgehead atoms. The second kappa shape index (κ2) is 9.85. The van der Waals surface area contributed by atoms with E-state index < -0.39 is 95.7 Å². The molecule has 1 saturated carbocycles. The summed E-state index contributed by atoms with van der Waals surface area (Å²) in [6.07, 6.45) is -10.6. The largest absolute Gasteiger partial charge is 0.471 e. The van der Waals surface area contributed by atoms with E-state index in [0.717, 1.165) is 4.90 Å². The molecular formula is C24H31F6N5O4. The molecular weight excluding hydrogens is 536 g/mol. The van der Waals surface area contributed by atoms with Gasteiger partial charge in [-0.3, -0.25) is 19.2 Å². The Bertz CT molecular complexity index is 1080. The number of nitrogens with one attached hydrogen (secondary N) is 3. The van der Waals surface area contributed by atoms with Gasteiger partial charge in [-0.05, 0) is 29.1 Å². The molecule has 39 heavy (non-hydrogen) atoms. The Morgan fingerprint density at radius 2 is 1.72 bits per heavy atom. The van der Waals surface area contributed by atoms with Crippen molar-refractivity contribution in [3.63, 3.8) is 0 Å². The van der Waals surface area contributed by atoms with Crippen molar-refractivity contribution >= 4 is 23.6 Å². The van der Waals surface area contributed by atoms with Gasteiger partial charge in [0.25, 0.3) is 0 Å². The van der Waals surface area contributed by atoms with Crippen LogP contribution in [0.25, 0.3) is 0 Å². The minimum atomic E-state index is -5.25. The molecule has 7 atom stereocenters. The summed E-state index contributed by atoms with van der Waals surface area (Å²) < 4.78 is 79.0. The van der Waals surface area contributed by atoms with Crippen molar-refractivity contribution in [2.75, 3.05) is 13.1 Å². The highest BCUT2D eigenvalue weighted by molar-refractivity contribution is 5.95. The maximum absolute atomic E-state index is 13.5. The predicted octanol–water partition coefficient (Wildman–Crippen LogP) is 1.89. The Labute approximate surface area is 221 Å². The summed E-state index contributed by atoms with van der Waals surface area (Å²) in [6, 6.07) is -2.70. The van der Waals surface area contributed by atoms with Crippen molar-refractivity contribution in [1.29, 1.82) is 5.26 Å². The Morgan fingerprint density at radius 3 is 2.21 bits per heavy atom. The van der Waals surface area contributed by atoms with Gasteiger partial charge in [-0.25, -0.2) is 0 Å². The summed E-state index contributed by atoms with van der Waals surface area (Å²) in [5, 5.41) is 15.7. The lowest BCUT2D eigenvalue weighted by molar-refractivity contribution is -0.181. The number of carbonyl (C=O) groups is 4. The first-order valence-corrected chi connectivity index (χ1v) is 12.3. The maximum Gasteiger partial charge on any atom is 0.471 e. The quantitative estimate of drug-likeness (QED) is 0.422. The number of rotatable bonds is 6. The third kappa shape index (κ3) is 5.94. The van der Waals surface area contributed by atoms with E-state index in [-0.39, 0.29) is 12.5 Å². The summed E-state index contributed by atoms with van der Waals surface area (Å²) in [5.74, 6) is -9.30. The van der Waals surface area contributed by atoms with Crippen LogP contribution in [0.5, 0.6) is 0 Å². The van der Waals surface area contributed by atoms with Gasteiger partial charge < -0.3 is 20.9 Å². The van der Waals surface area contributed by atoms with Gasteiger partial charge in [0.2, 0.25) is 17.7 Å². The van der Waals surface area contributed by atoms with E-state index >= 15 is 0 Å². The first-order chi connectivity index (χ1) is 17.6. The summed E-state index contributed by atoms with van der Waals surface area (Å²) >= 11 is 0. The molecule has 3 fully saturated rings. The van der Waals surface area contributed by atoms with Gasteiger partial charge in [-0.15, -0.1) is 0 Å². The number of piperidine rings is 1. The molecule has 0 unspecified atom stereocenters. The second-order valence-electron chi connectivity index (χ2n) is 12.1. The lowest BCUT2D eigenvalue weighted by atomic mass is 9.85. The molecule has 2 heterocycles. The zero-order valence-electron chi connectivity index (χ0n) is 22.0. The Balaban J connectivity index is 1.83. The van der Waals surface area contributed by atoms with Crippen LogP contribution in [0, 0.1) is 45.8 Å². The molecule has 15 heteroatoms. The highest BCUT2D eigenvalue weighted by atomic mass is 19.4. The van der Waals surface area contributed by atoms with Crippen molar-refractivity contribution < 1.29 is 45.5 Å². The zero-order valence-corrected chi connectivity index (χ0v) is 22.0. The van der Waals surface area contributed by atoms with Gasteiger partial charge in [0.05, 0.1) is 17.9 Å². The van der Waals surface area contributed by atoms with Crippen molar-refractivity contribution in [2.45, 2.75) is 71.5 Å². The van der Waals surface area contributed by atoms with Crippen molar-refractivity contribution in [1.82, 2.24) is 20.9 Å². The lowest BCUT2D eigenvalue weighted by Gasteiger charge is -2.38. The van der Waals surface area contributed by atoms with Crippen LogP contribution in [0.1, 0.15) is 41.0 Å². The number of carbonyl (C=O) groups excluding carboxylic acids is 4. The zero-order chi connectivity index (χ0) is 29.9. The van der Waals surface area contributed by atoms with Crippen LogP contribution in [0.2, 0.25) is 0 Å². The second-order valence-corrected chi connectivity index (χ2v) is 12.1. The molecule has 3 N–H and O–H groups in total. The fourth-order valence-corrected chi connectivity index (χ4v) is 5.78. The number of fused-ring (bicyclic) bond motifs is 1. The van der Waals surface area contributed by atoms with Crippen LogP contribution >= 0.6 is 0 Å². The minimum absolute atomic E-state index is 0.00144. The Hall–Kier alpha value is -3.05. The average molecular weight is 568 g/mol. The topological polar surface area (TPSA) is 131 Å². The smallest absolute Gasteiger partial charge is 0.355 e. The average Bonchev–Trinajstić information content (AvgIpc) is 3.13. The first-order valence-electron chi connectivity index (χ1n) is 12.3. The molecule has 3 rings (SSSR count). The number of nitrogens with zero attached hydrogens (tertiary/aromatic N) is 2. The monoisotopic (exact) mass is 567 g/mol. The van der Waals surface area contributed by atoms with E-state index in [1.54, 1.807) is 11.4 Å². The van der Waals surface area contributed by atoms with Gasteiger partial charge >= 0.3 is 18.3 Å². The van der Waals surface area contributed by atoms with Crippen LogP contribution in [0.4, 0.5) is 26.3 Å². The van der Waals surface area contributed by atoms with Crippen LogP contribution in [0.15, 0.2) is 0 Å².